The van der Waals surface area contributed by atoms with E-state index >= 15 is 0 Å². The summed E-state index contributed by atoms with van der Waals surface area (Å²) in [5, 5.41) is 0.648. The van der Waals surface area contributed by atoms with Crippen molar-refractivity contribution in [3.63, 3.8) is 0 Å². The van der Waals surface area contributed by atoms with Gasteiger partial charge >= 0.3 is 11.9 Å². The van der Waals surface area contributed by atoms with E-state index in [2.05, 4.69) is 4.74 Å². The van der Waals surface area contributed by atoms with Gasteiger partial charge < -0.3 is 14.2 Å². The van der Waals surface area contributed by atoms with Crippen molar-refractivity contribution in [1.29, 1.82) is 0 Å². The number of halogens is 1. The number of esters is 2. The molecule has 0 saturated heterocycles. The molecule has 3 aromatic rings. The zero-order chi connectivity index (χ0) is 20.6. The molecule has 0 fully saturated rings. The van der Waals surface area contributed by atoms with Crippen molar-refractivity contribution in [2.24, 2.45) is 0 Å². The van der Waals surface area contributed by atoms with Crippen molar-refractivity contribution in [1.82, 2.24) is 0 Å². The molecule has 0 unspecified atom stereocenters. The second kappa shape index (κ2) is 9.75. The van der Waals surface area contributed by atoms with Gasteiger partial charge in [0.2, 0.25) is 0 Å². The molecule has 5 nitrogen and oxygen atoms in total. The summed E-state index contributed by atoms with van der Waals surface area (Å²) in [6.07, 6.45) is 0.159. The molecule has 148 valence electrons. The van der Waals surface area contributed by atoms with Gasteiger partial charge in [-0.1, -0.05) is 48.0 Å². The lowest BCUT2D eigenvalue weighted by atomic mass is 10.1. The summed E-state index contributed by atoms with van der Waals surface area (Å²) >= 11 is 5.89. The van der Waals surface area contributed by atoms with Gasteiger partial charge in [0.15, 0.2) is 0 Å². The van der Waals surface area contributed by atoms with Gasteiger partial charge in [-0.15, -0.1) is 0 Å². The minimum Gasteiger partial charge on any atom is -0.488 e. The molecule has 0 aliphatic rings. The van der Waals surface area contributed by atoms with Gasteiger partial charge in [-0.3, -0.25) is 4.79 Å². The zero-order valence-electron chi connectivity index (χ0n) is 15.8. The first-order chi connectivity index (χ1) is 14.0. The second-order valence-electron chi connectivity index (χ2n) is 6.20. The summed E-state index contributed by atoms with van der Waals surface area (Å²) in [4.78, 5) is 23.9. The van der Waals surface area contributed by atoms with Gasteiger partial charge in [0, 0.05) is 5.02 Å². The van der Waals surface area contributed by atoms with Crippen LogP contribution in [-0.2, 0) is 22.6 Å². The lowest BCUT2D eigenvalue weighted by Gasteiger charge is -2.11. The Labute approximate surface area is 173 Å². The highest BCUT2D eigenvalue weighted by molar-refractivity contribution is 6.30. The highest BCUT2D eigenvalue weighted by Gasteiger charge is 2.15. The van der Waals surface area contributed by atoms with Gasteiger partial charge in [-0.05, 0) is 47.5 Å². The Kier molecular flexibility index (Phi) is 6.87. The predicted octanol–water partition coefficient (Wildman–Crippen LogP) is 4.85. The highest BCUT2D eigenvalue weighted by Crippen LogP contribution is 2.22. The number of ether oxygens (including phenoxy) is 3. The maximum Gasteiger partial charge on any atom is 0.347 e. The smallest absolute Gasteiger partial charge is 0.347 e. The predicted molar refractivity (Wildman–Crippen MR) is 109 cm³/mol. The van der Waals surface area contributed by atoms with E-state index in [9.17, 15) is 9.59 Å². The number of benzene rings is 3. The summed E-state index contributed by atoms with van der Waals surface area (Å²) in [6, 6.07) is 20.9. The van der Waals surface area contributed by atoms with E-state index in [1.165, 1.54) is 7.11 Å². The second-order valence-corrected chi connectivity index (χ2v) is 6.63. The van der Waals surface area contributed by atoms with Gasteiger partial charge in [-0.2, -0.15) is 0 Å². The van der Waals surface area contributed by atoms with Crippen molar-refractivity contribution in [2.75, 3.05) is 7.11 Å². The van der Waals surface area contributed by atoms with Gasteiger partial charge in [0.25, 0.3) is 0 Å². The molecule has 0 atom stereocenters. The largest absolute Gasteiger partial charge is 0.488 e. The Bertz CT molecular complexity index is 981. The number of hydrogen-bond donors (Lipinski definition) is 0. The molecule has 3 rings (SSSR count). The van der Waals surface area contributed by atoms with Crippen molar-refractivity contribution >= 4 is 23.5 Å². The Balaban J connectivity index is 1.66. The van der Waals surface area contributed by atoms with Crippen LogP contribution in [0, 0.1) is 0 Å². The minimum absolute atomic E-state index is 0.159. The Morgan fingerprint density at radius 3 is 2.21 bits per heavy atom. The minimum atomic E-state index is -0.530. The average Bonchev–Trinajstić information content (AvgIpc) is 2.75. The Morgan fingerprint density at radius 1 is 0.862 bits per heavy atom. The number of hydrogen-bond acceptors (Lipinski definition) is 5. The summed E-state index contributed by atoms with van der Waals surface area (Å²) in [5.74, 6) is -0.0650. The van der Waals surface area contributed by atoms with Crippen LogP contribution in [0.3, 0.4) is 0 Å². The van der Waals surface area contributed by atoms with Crippen LogP contribution in [0.5, 0.6) is 11.5 Å². The number of carbonyl (C=O) groups excluding carboxylic acids is 2. The third-order valence-electron chi connectivity index (χ3n) is 4.12. The van der Waals surface area contributed by atoms with Crippen molar-refractivity contribution in [3.8, 4) is 11.5 Å². The van der Waals surface area contributed by atoms with Crippen molar-refractivity contribution < 1.29 is 23.8 Å². The topological polar surface area (TPSA) is 61.8 Å². The monoisotopic (exact) mass is 410 g/mol. The molecule has 6 heteroatoms. The maximum absolute atomic E-state index is 12.6. The molecule has 0 amide bonds. The van der Waals surface area contributed by atoms with E-state index in [0.29, 0.717) is 28.7 Å². The molecule has 0 spiro atoms. The molecule has 0 aromatic heterocycles. The molecule has 0 radical (unpaired) electrons. The van der Waals surface area contributed by atoms with Crippen LogP contribution in [0.1, 0.15) is 21.5 Å². The maximum atomic E-state index is 12.6. The fraction of sp³-hybridized carbons (Fsp3) is 0.130. The van der Waals surface area contributed by atoms with Crippen molar-refractivity contribution in [2.45, 2.75) is 13.0 Å². The Hall–Kier alpha value is -3.31. The molecular weight excluding hydrogens is 392 g/mol. The lowest BCUT2D eigenvalue weighted by Crippen LogP contribution is -2.11. The summed E-state index contributed by atoms with van der Waals surface area (Å²) in [7, 11) is 1.34. The first kappa shape index (κ1) is 20.4. The average molecular weight is 411 g/mol. The van der Waals surface area contributed by atoms with Crippen LogP contribution in [0.2, 0.25) is 5.02 Å². The molecule has 0 aliphatic carbocycles. The first-order valence-corrected chi connectivity index (χ1v) is 9.27. The van der Waals surface area contributed by atoms with Crippen LogP contribution >= 0.6 is 11.6 Å². The van der Waals surface area contributed by atoms with Crippen molar-refractivity contribution in [3.05, 3.63) is 94.5 Å². The number of methoxy groups -OCH3 is 1. The summed E-state index contributed by atoms with van der Waals surface area (Å²) in [5.41, 5.74) is 2.02. The molecule has 0 heterocycles. The first-order valence-electron chi connectivity index (χ1n) is 8.89. The van der Waals surface area contributed by atoms with Gasteiger partial charge in [0.1, 0.15) is 23.7 Å². The third kappa shape index (κ3) is 5.83. The highest BCUT2D eigenvalue weighted by atomic mass is 35.5. The molecular formula is C23H19ClO5. The molecule has 0 N–H and O–H groups in total. The fourth-order valence-electron chi connectivity index (χ4n) is 2.58. The molecule has 29 heavy (non-hydrogen) atoms. The number of rotatable bonds is 7. The van der Waals surface area contributed by atoms with E-state index < -0.39 is 5.97 Å². The van der Waals surface area contributed by atoms with Crippen LogP contribution in [-0.4, -0.2) is 19.0 Å². The molecule has 0 bridgehead atoms. The van der Waals surface area contributed by atoms with Gasteiger partial charge in [0.05, 0.1) is 13.5 Å². The van der Waals surface area contributed by atoms with E-state index in [4.69, 9.17) is 21.1 Å². The van der Waals surface area contributed by atoms with Gasteiger partial charge in [-0.25, -0.2) is 4.79 Å². The third-order valence-corrected chi connectivity index (χ3v) is 4.38. The fourth-order valence-corrected chi connectivity index (χ4v) is 2.71. The molecule has 0 aliphatic heterocycles. The molecule has 0 saturated carbocycles. The van der Waals surface area contributed by atoms with Crippen LogP contribution in [0.4, 0.5) is 0 Å². The lowest BCUT2D eigenvalue weighted by molar-refractivity contribution is -0.139. The quantitative estimate of drug-likeness (QED) is 0.411. The van der Waals surface area contributed by atoms with E-state index in [0.717, 1.165) is 11.1 Å². The van der Waals surface area contributed by atoms with Crippen LogP contribution in [0.15, 0.2) is 72.8 Å². The van der Waals surface area contributed by atoms with E-state index in [-0.39, 0.29) is 12.4 Å². The van der Waals surface area contributed by atoms with E-state index in [1.54, 1.807) is 60.7 Å². The van der Waals surface area contributed by atoms with E-state index in [1.807, 2.05) is 12.1 Å². The zero-order valence-corrected chi connectivity index (χ0v) is 16.5. The van der Waals surface area contributed by atoms with Crippen LogP contribution in [0.25, 0.3) is 0 Å². The normalized spacial score (nSPS) is 10.3. The van der Waals surface area contributed by atoms with Crippen LogP contribution < -0.4 is 9.47 Å². The molecule has 3 aromatic carbocycles. The Morgan fingerprint density at radius 2 is 1.52 bits per heavy atom. The number of carbonyl (C=O) groups is 2. The SMILES string of the molecule is COC(=O)Cc1ccc(OC(=O)c2ccccc2OCc2ccc(Cl)cc2)cc1. The summed E-state index contributed by atoms with van der Waals surface area (Å²) in [6.45, 7) is 0.295. The summed E-state index contributed by atoms with van der Waals surface area (Å²) < 4.78 is 15.9. The standard InChI is InChI=1S/C23H19ClO5/c1-27-22(25)14-16-8-12-19(13-9-16)29-23(26)20-4-2-3-5-21(20)28-15-17-6-10-18(24)11-7-17/h2-13H,14-15H2,1H3. The number of para-hydroxylation sites is 1.